The summed E-state index contributed by atoms with van der Waals surface area (Å²) in [5.41, 5.74) is 7.58. The maximum absolute atomic E-state index is 11.9. The van der Waals surface area contributed by atoms with Gasteiger partial charge in [-0.05, 0) is 24.9 Å². The van der Waals surface area contributed by atoms with Crippen molar-refractivity contribution in [1.29, 1.82) is 0 Å². The third kappa shape index (κ3) is 2.48. The highest BCUT2D eigenvalue weighted by Crippen LogP contribution is 2.09. The molecule has 0 atom stereocenters. The third-order valence-electron chi connectivity index (χ3n) is 2.62. The Hall–Kier alpha value is -1.95. The van der Waals surface area contributed by atoms with Crippen LogP contribution in [0.15, 0.2) is 18.6 Å². The fraction of sp³-hybridized carbons (Fsp3) is 0.417. The van der Waals surface area contributed by atoms with Gasteiger partial charge in [-0.3, -0.25) is 4.79 Å². The van der Waals surface area contributed by atoms with Crippen molar-refractivity contribution in [1.82, 2.24) is 19.9 Å². The topological polar surface area (TPSA) is 85.3 Å². The van der Waals surface area contributed by atoms with Crippen LogP contribution in [0.25, 0.3) is 5.65 Å². The highest BCUT2D eigenvalue weighted by molar-refractivity contribution is 5.99. The zero-order valence-corrected chi connectivity index (χ0v) is 10.4. The Labute approximate surface area is 105 Å². The summed E-state index contributed by atoms with van der Waals surface area (Å²) in [6.07, 6.45) is 6.78. The van der Waals surface area contributed by atoms with Gasteiger partial charge in [0.1, 0.15) is 5.56 Å². The molecule has 2 heterocycles. The lowest BCUT2D eigenvalue weighted by Crippen LogP contribution is -2.23. The molecule has 18 heavy (non-hydrogen) atoms. The van der Waals surface area contributed by atoms with Crippen LogP contribution >= 0.6 is 0 Å². The maximum atomic E-state index is 11.9. The molecule has 0 aromatic carbocycles. The standard InChI is InChI=1S/C12H17N5O/c1-2-5-14-12(18)10-7-16-17-8-9(3-4-13)6-15-11(10)17/h6-8H,2-5,13H2,1H3,(H,14,18). The summed E-state index contributed by atoms with van der Waals surface area (Å²) in [4.78, 5) is 16.1. The number of amides is 1. The van der Waals surface area contributed by atoms with Crippen molar-refractivity contribution in [3.05, 3.63) is 29.7 Å². The minimum absolute atomic E-state index is 0.133. The summed E-state index contributed by atoms with van der Waals surface area (Å²) in [5, 5.41) is 6.96. The van der Waals surface area contributed by atoms with Gasteiger partial charge in [0.15, 0.2) is 5.65 Å². The van der Waals surface area contributed by atoms with Crippen LogP contribution in [0.5, 0.6) is 0 Å². The third-order valence-corrected chi connectivity index (χ3v) is 2.62. The molecule has 0 aliphatic carbocycles. The average molecular weight is 247 g/mol. The van der Waals surface area contributed by atoms with Crippen LogP contribution in [0, 0.1) is 0 Å². The van der Waals surface area contributed by atoms with Crippen LogP contribution in [0.4, 0.5) is 0 Å². The van der Waals surface area contributed by atoms with E-state index in [-0.39, 0.29) is 5.91 Å². The van der Waals surface area contributed by atoms with Gasteiger partial charge in [-0.1, -0.05) is 6.92 Å². The van der Waals surface area contributed by atoms with Gasteiger partial charge in [0.25, 0.3) is 5.91 Å². The van der Waals surface area contributed by atoms with E-state index in [1.54, 1.807) is 16.9 Å². The number of aromatic nitrogens is 3. The molecule has 2 aromatic rings. The van der Waals surface area contributed by atoms with Gasteiger partial charge in [0, 0.05) is 18.9 Å². The Kier molecular flexibility index (Phi) is 3.88. The summed E-state index contributed by atoms with van der Waals surface area (Å²) in [7, 11) is 0. The van der Waals surface area contributed by atoms with E-state index in [9.17, 15) is 4.79 Å². The molecule has 0 unspecified atom stereocenters. The normalized spacial score (nSPS) is 10.8. The first-order valence-electron chi connectivity index (χ1n) is 6.06. The van der Waals surface area contributed by atoms with E-state index in [4.69, 9.17) is 5.73 Å². The molecule has 3 N–H and O–H groups in total. The second kappa shape index (κ2) is 5.59. The molecule has 0 bridgehead atoms. The van der Waals surface area contributed by atoms with Crippen LogP contribution in [-0.4, -0.2) is 33.6 Å². The number of hydrogen-bond donors (Lipinski definition) is 2. The van der Waals surface area contributed by atoms with Crippen LogP contribution in [0.2, 0.25) is 0 Å². The lowest BCUT2D eigenvalue weighted by molar-refractivity contribution is 0.0955. The number of carbonyl (C=O) groups excluding carboxylic acids is 1. The van der Waals surface area contributed by atoms with Crippen molar-refractivity contribution in [3.63, 3.8) is 0 Å². The smallest absolute Gasteiger partial charge is 0.256 e. The van der Waals surface area contributed by atoms with Crippen molar-refractivity contribution in [2.24, 2.45) is 5.73 Å². The zero-order chi connectivity index (χ0) is 13.0. The number of nitrogens with one attached hydrogen (secondary N) is 1. The van der Waals surface area contributed by atoms with Gasteiger partial charge < -0.3 is 11.1 Å². The summed E-state index contributed by atoms with van der Waals surface area (Å²) in [6.45, 7) is 3.23. The van der Waals surface area contributed by atoms with Crippen LogP contribution in [-0.2, 0) is 6.42 Å². The first-order chi connectivity index (χ1) is 8.76. The SMILES string of the molecule is CCCNC(=O)c1cnn2cc(CCN)cnc12. The molecular formula is C12H17N5O. The second-order valence-electron chi connectivity index (χ2n) is 4.08. The molecule has 6 heteroatoms. The molecule has 0 saturated carbocycles. The zero-order valence-electron chi connectivity index (χ0n) is 10.4. The largest absolute Gasteiger partial charge is 0.352 e. The molecule has 0 saturated heterocycles. The summed E-state index contributed by atoms with van der Waals surface area (Å²) in [6, 6.07) is 0. The number of rotatable bonds is 5. The van der Waals surface area contributed by atoms with Crippen molar-refractivity contribution < 1.29 is 4.79 Å². The molecule has 0 fully saturated rings. The van der Waals surface area contributed by atoms with Gasteiger partial charge in [-0.25, -0.2) is 9.50 Å². The second-order valence-corrected chi connectivity index (χ2v) is 4.08. The molecule has 2 rings (SSSR count). The predicted molar refractivity (Wildman–Crippen MR) is 68.4 cm³/mol. The Morgan fingerprint density at radius 2 is 2.33 bits per heavy atom. The number of fused-ring (bicyclic) bond motifs is 1. The lowest BCUT2D eigenvalue weighted by atomic mass is 10.2. The Morgan fingerprint density at radius 1 is 1.50 bits per heavy atom. The van der Waals surface area contributed by atoms with E-state index in [2.05, 4.69) is 15.4 Å². The quantitative estimate of drug-likeness (QED) is 0.799. The van der Waals surface area contributed by atoms with Crippen molar-refractivity contribution >= 4 is 11.6 Å². The van der Waals surface area contributed by atoms with Crippen molar-refractivity contribution in [3.8, 4) is 0 Å². The van der Waals surface area contributed by atoms with Gasteiger partial charge in [0.05, 0.1) is 6.20 Å². The highest BCUT2D eigenvalue weighted by atomic mass is 16.1. The molecule has 0 spiro atoms. The molecular weight excluding hydrogens is 230 g/mol. The van der Waals surface area contributed by atoms with Gasteiger partial charge in [-0.2, -0.15) is 5.10 Å². The van der Waals surface area contributed by atoms with Crippen LogP contribution in [0.1, 0.15) is 29.3 Å². The molecule has 0 aliphatic heterocycles. The molecule has 6 nitrogen and oxygen atoms in total. The number of carbonyl (C=O) groups is 1. The van der Waals surface area contributed by atoms with Gasteiger partial charge >= 0.3 is 0 Å². The Balaban J connectivity index is 2.28. The van der Waals surface area contributed by atoms with E-state index < -0.39 is 0 Å². The fourth-order valence-electron chi connectivity index (χ4n) is 1.70. The van der Waals surface area contributed by atoms with Gasteiger partial charge in [0.2, 0.25) is 0 Å². The van der Waals surface area contributed by atoms with Crippen molar-refractivity contribution in [2.45, 2.75) is 19.8 Å². The Bertz CT molecular complexity index is 548. The number of nitrogens with two attached hydrogens (primary N) is 1. The Morgan fingerprint density at radius 3 is 3.06 bits per heavy atom. The summed E-state index contributed by atoms with van der Waals surface area (Å²) in [5.74, 6) is -0.133. The van der Waals surface area contributed by atoms with E-state index in [0.717, 1.165) is 18.4 Å². The summed E-state index contributed by atoms with van der Waals surface area (Å²) >= 11 is 0. The summed E-state index contributed by atoms with van der Waals surface area (Å²) < 4.78 is 1.62. The monoisotopic (exact) mass is 247 g/mol. The highest BCUT2D eigenvalue weighted by Gasteiger charge is 2.13. The van der Waals surface area contributed by atoms with Crippen LogP contribution < -0.4 is 11.1 Å². The number of hydrogen-bond acceptors (Lipinski definition) is 4. The van der Waals surface area contributed by atoms with Gasteiger partial charge in [-0.15, -0.1) is 0 Å². The average Bonchev–Trinajstić information content (AvgIpc) is 2.79. The first kappa shape index (κ1) is 12.5. The lowest BCUT2D eigenvalue weighted by Gasteiger charge is -2.02. The van der Waals surface area contributed by atoms with E-state index in [1.807, 2.05) is 13.1 Å². The molecule has 1 amide bonds. The van der Waals surface area contributed by atoms with E-state index in [1.165, 1.54) is 0 Å². The minimum Gasteiger partial charge on any atom is -0.352 e. The molecule has 0 radical (unpaired) electrons. The first-order valence-corrected chi connectivity index (χ1v) is 6.06. The fourth-order valence-corrected chi connectivity index (χ4v) is 1.70. The molecule has 96 valence electrons. The van der Waals surface area contributed by atoms with Crippen molar-refractivity contribution in [2.75, 3.05) is 13.1 Å². The predicted octanol–water partition coefficient (Wildman–Crippen LogP) is 0.370. The maximum Gasteiger partial charge on any atom is 0.256 e. The van der Waals surface area contributed by atoms with E-state index >= 15 is 0 Å². The molecule has 2 aromatic heterocycles. The minimum atomic E-state index is -0.133. The van der Waals surface area contributed by atoms with E-state index in [0.29, 0.717) is 24.3 Å². The number of nitrogens with zero attached hydrogens (tertiary/aromatic N) is 3. The van der Waals surface area contributed by atoms with Crippen LogP contribution in [0.3, 0.4) is 0 Å². The molecule has 0 aliphatic rings.